The Morgan fingerprint density at radius 2 is 2.12 bits per heavy atom. The van der Waals surface area contributed by atoms with Crippen molar-refractivity contribution in [1.29, 1.82) is 0 Å². The van der Waals surface area contributed by atoms with Crippen LogP contribution in [0, 0.1) is 5.82 Å². The highest BCUT2D eigenvalue weighted by atomic mass is 79.9. The fourth-order valence-corrected chi connectivity index (χ4v) is 4.44. The minimum Gasteiger partial charge on any atom is -0.481 e. The predicted molar refractivity (Wildman–Crippen MR) is 98.6 cm³/mol. The number of amides is 1. The maximum absolute atomic E-state index is 14.2. The topological polar surface area (TPSA) is 57.6 Å². The molecule has 1 N–H and O–H groups in total. The Morgan fingerprint density at radius 3 is 2.80 bits per heavy atom. The Hall–Kier alpha value is -1.57. The van der Waals surface area contributed by atoms with Crippen molar-refractivity contribution in [2.75, 3.05) is 4.90 Å². The average Bonchev–Trinajstić information content (AvgIpc) is 2.54. The van der Waals surface area contributed by atoms with Gasteiger partial charge >= 0.3 is 5.97 Å². The van der Waals surface area contributed by atoms with Crippen LogP contribution in [0.2, 0.25) is 5.02 Å². The summed E-state index contributed by atoms with van der Waals surface area (Å²) in [6, 6.07) is 9.71. The second-order valence-electron chi connectivity index (χ2n) is 5.45. The number of benzene rings is 2. The van der Waals surface area contributed by atoms with Crippen LogP contribution in [0.1, 0.15) is 12.0 Å². The van der Waals surface area contributed by atoms with Crippen LogP contribution in [0.3, 0.4) is 0 Å². The maximum Gasteiger partial charge on any atom is 0.305 e. The number of anilines is 1. The van der Waals surface area contributed by atoms with Gasteiger partial charge in [-0.1, -0.05) is 39.7 Å². The van der Waals surface area contributed by atoms with Gasteiger partial charge in [0.25, 0.3) is 0 Å². The molecule has 130 valence electrons. The first kappa shape index (κ1) is 18.2. The van der Waals surface area contributed by atoms with Crippen LogP contribution in [0.5, 0.6) is 0 Å². The summed E-state index contributed by atoms with van der Waals surface area (Å²) in [5.41, 5.74) is 0.898. The lowest BCUT2D eigenvalue weighted by molar-refractivity contribution is -0.138. The van der Waals surface area contributed by atoms with Gasteiger partial charge in [-0.15, -0.1) is 11.8 Å². The number of hydrogen-bond acceptors (Lipinski definition) is 3. The molecule has 3 rings (SSSR count). The van der Waals surface area contributed by atoms with E-state index in [-0.39, 0.29) is 18.9 Å². The first-order valence-electron chi connectivity index (χ1n) is 7.29. The van der Waals surface area contributed by atoms with Gasteiger partial charge < -0.3 is 10.0 Å². The first-order chi connectivity index (χ1) is 11.9. The predicted octanol–water partition coefficient (Wildman–Crippen LogP) is 4.72. The van der Waals surface area contributed by atoms with Crippen molar-refractivity contribution in [3.8, 4) is 0 Å². The lowest BCUT2D eigenvalue weighted by atomic mass is 10.1. The van der Waals surface area contributed by atoms with E-state index < -0.39 is 17.0 Å². The Morgan fingerprint density at radius 1 is 1.36 bits per heavy atom. The van der Waals surface area contributed by atoms with Crippen molar-refractivity contribution >= 4 is 56.9 Å². The summed E-state index contributed by atoms with van der Waals surface area (Å²) in [5, 5.41) is 8.70. The third-order valence-electron chi connectivity index (χ3n) is 3.74. The minimum atomic E-state index is -1.07. The second kappa shape index (κ2) is 7.35. The fraction of sp³-hybridized carbons (Fsp3) is 0.176. The summed E-state index contributed by atoms with van der Waals surface area (Å²) in [4.78, 5) is 25.9. The van der Waals surface area contributed by atoms with Crippen molar-refractivity contribution in [1.82, 2.24) is 0 Å². The van der Waals surface area contributed by atoms with Gasteiger partial charge in [0.2, 0.25) is 5.91 Å². The van der Waals surface area contributed by atoms with Crippen LogP contribution in [0.25, 0.3) is 0 Å². The molecule has 0 saturated heterocycles. The van der Waals surface area contributed by atoms with Crippen molar-refractivity contribution < 1.29 is 19.1 Å². The highest BCUT2D eigenvalue weighted by Gasteiger charge is 2.36. The number of rotatable bonds is 4. The first-order valence-corrected chi connectivity index (χ1v) is 9.34. The van der Waals surface area contributed by atoms with Crippen LogP contribution in [-0.2, 0) is 16.1 Å². The lowest BCUT2D eigenvalue weighted by Gasteiger charge is -2.33. The van der Waals surface area contributed by atoms with Gasteiger partial charge in [-0.25, -0.2) is 4.39 Å². The van der Waals surface area contributed by atoms with E-state index in [0.29, 0.717) is 25.6 Å². The van der Waals surface area contributed by atoms with Crippen molar-refractivity contribution in [3.63, 3.8) is 0 Å². The third kappa shape index (κ3) is 3.83. The summed E-state index contributed by atoms with van der Waals surface area (Å²) in [5.74, 6) is -1.89. The van der Waals surface area contributed by atoms with Gasteiger partial charge in [-0.2, -0.15) is 0 Å². The maximum atomic E-state index is 14.2. The Balaban J connectivity index is 2.02. The van der Waals surface area contributed by atoms with Crippen LogP contribution in [0.15, 0.2) is 45.8 Å². The Kier molecular flexibility index (Phi) is 5.36. The summed E-state index contributed by atoms with van der Waals surface area (Å²) < 4.78 is 14.8. The van der Waals surface area contributed by atoms with E-state index in [0.717, 1.165) is 11.8 Å². The lowest BCUT2D eigenvalue weighted by Crippen LogP contribution is -2.41. The van der Waals surface area contributed by atoms with E-state index in [1.165, 1.54) is 11.0 Å². The zero-order valence-electron chi connectivity index (χ0n) is 12.7. The van der Waals surface area contributed by atoms with E-state index in [1.807, 2.05) is 0 Å². The molecule has 0 aromatic heterocycles. The normalized spacial score (nSPS) is 16.7. The molecule has 0 radical (unpaired) electrons. The van der Waals surface area contributed by atoms with Crippen LogP contribution in [-0.4, -0.2) is 22.2 Å². The molecular formula is C17H12BrClFNO3S. The highest BCUT2D eigenvalue weighted by Crippen LogP contribution is 2.44. The van der Waals surface area contributed by atoms with Crippen molar-refractivity contribution in [2.24, 2.45) is 0 Å². The molecule has 1 atom stereocenters. The van der Waals surface area contributed by atoms with Crippen LogP contribution >= 0.6 is 39.3 Å². The Labute approximate surface area is 161 Å². The number of nitrogens with zero attached hydrogens (tertiary/aromatic N) is 1. The van der Waals surface area contributed by atoms with Gasteiger partial charge in [0.15, 0.2) is 0 Å². The highest BCUT2D eigenvalue weighted by molar-refractivity contribution is 9.10. The summed E-state index contributed by atoms with van der Waals surface area (Å²) in [6.45, 7) is 0.00195. The molecule has 1 aliphatic rings. The van der Waals surface area contributed by atoms with E-state index in [9.17, 15) is 14.0 Å². The van der Waals surface area contributed by atoms with E-state index in [4.69, 9.17) is 16.7 Å². The number of carboxylic acids is 1. The SMILES string of the molecule is O=C(O)CC1Sc2c(Cl)cccc2N(Cc2ccc(Br)cc2F)C1=O. The fourth-order valence-electron chi connectivity index (χ4n) is 2.58. The number of carboxylic acid groups (broad SMARTS) is 1. The zero-order chi connectivity index (χ0) is 18.1. The number of carbonyl (C=O) groups excluding carboxylic acids is 1. The zero-order valence-corrected chi connectivity index (χ0v) is 15.9. The molecular weight excluding hydrogens is 433 g/mol. The summed E-state index contributed by atoms with van der Waals surface area (Å²) in [7, 11) is 0. The van der Waals surface area contributed by atoms with Gasteiger partial charge in [0.1, 0.15) is 5.82 Å². The quantitative estimate of drug-likeness (QED) is 0.741. The minimum absolute atomic E-state index is 0.00195. The van der Waals surface area contributed by atoms with Crippen LogP contribution in [0.4, 0.5) is 10.1 Å². The largest absolute Gasteiger partial charge is 0.481 e. The van der Waals surface area contributed by atoms with E-state index in [2.05, 4.69) is 15.9 Å². The third-order valence-corrected chi connectivity index (χ3v) is 5.98. The van der Waals surface area contributed by atoms with Gasteiger partial charge in [-0.3, -0.25) is 9.59 Å². The summed E-state index contributed by atoms with van der Waals surface area (Å²) in [6.07, 6.45) is -0.326. The number of thioether (sulfide) groups is 1. The standard InChI is InChI=1S/C17H12BrClFNO3S/c18-10-5-4-9(12(20)6-10)8-21-13-3-1-2-11(19)16(13)25-14(17(21)24)7-15(22)23/h1-6,14H,7-8H2,(H,22,23). The second-order valence-corrected chi connectivity index (χ2v) is 7.99. The van der Waals surface area contributed by atoms with E-state index in [1.54, 1.807) is 30.3 Å². The molecule has 4 nitrogen and oxygen atoms in total. The number of fused-ring (bicyclic) bond motifs is 1. The molecule has 0 saturated carbocycles. The van der Waals surface area contributed by atoms with Crippen LogP contribution < -0.4 is 4.90 Å². The molecule has 0 spiro atoms. The molecule has 0 aliphatic carbocycles. The average molecular weight is 445 g/mol. The van der Waals surface area contributed by atoms with Gasteiger partial charge in [-0.05, 0) is 24.3 Å². The van der Waals surface area contributed by atoms with Gasteiger partial charge in [0, 0.05) is 10.0 Å². The molecule has 1 amide bonds. The molecule has 2 aromatic rings. The molecule has 0 bridgehead atoms. The number of aliphatic carboxylic acids is 1. The van der Waals surface area contributed by atoms with E-state index >= 15 is 0 Å². The monoisotopic (exact) mass is 443 g/mol. The molecule has 0 fully saturated rings. The number of halogens is 3. The molecule has 8 heteroatoms. The smallest absolute Gasteiger partial charge is 0.305 e. The Bertz CT molecular complexity index is 864. The van der Waals surface area contributed by atoms with Crippen molar-refractivity contribution in [2.45, 2.75) is 23.1 Å². The molecule has 1 unspecified atom stereocenters. The number of hydrogen-bond donors (Lipinski definition) is 1. The summed E-state index contributed by atoms with van der Waals surface area (Å²) >= 11 is 10.6. The molecule has 1 aliphatic heterocycles. The van der Waals surface area contributed by atoms with Crippen molar-refractivity contribution in [3.05, 3.63) is 57.3 Å². The van der Waals surface area contributed by atoms with Gasteiger partial charge in [0.05, 0.1) is 33.8 Å². The molecule has 25 heavy (non-hydrogen) atoms. The molecule has 1 heterocycles. The molecule has 2 aromatic carbocycles. The number of carbonyl (C=O) groups is 2.